The monoisotopic (exact) mass is 270 g/mol. The Morgan fingerprint density at radius 2 is 1.85 bits per heavy atom. The third kappa shape index (κ3) is 2.91. The van der Waals surface area contributed by atoms with E-state index in [1.54, 1.807) is 25.2 Å². The zero-order valence-electron chi connectivity index (χ0n) is 11.9. The predicted octanol–water partition coefficient (Wildman–Crippen LogP) is 3.04. The molecular formula is C16H18N2O2. The smallest absolute Gasteiger partial charge is 0.251 e. The lowest BCUT2D eigenvalue weighted by Gasteiger charge is -2.12. The van der Waals surface area contributed by atoms with E-state index in [1.165, 1.54) is 0 Å². The summed E-state index contributed by atoms with van der Waals surface area (Å²) in [5.41, 5.74) is 9.04. The Bertz CT molecular complexity index is 651. The van der Waals surface area contributed by atoms with Gasteiger partial charge in [0.05, 0.1) is 5.69 Å². The van der Waals surface area contributed by atoms with Gasteiger partial charge in [0.1, 0.15) is 5.75 Å². The van der Waals surface area contributed by atoms with Crippen molar-refractivity contribution in [3.05, 3.63) is 53.1 Å². The van der Waals surface area contributed by atoms with Crippen molar-refractivity contribution in [2.75, 3.05) is 12.8 Å². The normalized spacial score (nSPS) is 10.2. The molecule has 20 heavy (non-hydrogen) atoms. The Labute approximate surface area is 118 Å². The first kappa shape index (κ1) is 13.9. The van der Waals surface area contributed by atoms with Crippen LogP contribution in [0.15, 0.2) is 36.4 Å². The Morgan fingerprint density at radius 3 is 2.55 bits per heavy atom. The second-order valence-corrected chi connectivity index (χ2v) is 4.70. The van der Waals surface area contributed by atoms with Crippen molar-refractivity contribution in [3.8, 4) is 11.5 Å². The number of ether oxygens (including phenoxy) is 1. The van der Waals surface area contributed by atoms with Crippen LogP contribution in [0.25, 0.3) is 0 Å². The lowest BCUT2D eigenvalue weighted by molar-refractivity contribution is 0.0963. The zero-order valence-corrected chi connectivity index (χ0v) is 11.9. The molecule has 2 rings (SSSR count). The number of nitrogens with one attached hydrogen (secondary N) is 1. The number of nitrogen functional groups attached to an aromatic ring is 1. The van der Waals surface area contributed by atoms with Gasteiger partial charge in [0.25, 0.3) is 5.91 Å². The molecule has 104 valence electrons. The van der Waals surface area contributed by atoms with Gasteiger partial charge in [-0.25, -0.2) is 0 Å². The van der Waals surface area contributed by atoms with Gasteiger partial charge in [-0.1, -0.05) is 12.1 Å². The van der Waals surface area contributed by atoms with E-state index in [2.05, 4.69) is 5.32 Å². The van der Waals surface area contributed by atoms with Crippen LogP contribution in [0.5, 0.6) is 11.5 Å². The van der Waals surface area contributed by atoms with E-state index < -0.39 is 0 Å². The minimum atomic E-state index is -0.171. The summed E-state index contributed by atoms with van der Waals surface area (Å²) in [6.45, 7) is 3.96. The Balaban J connectivity index is 2.37. The van der Waals surface area contributed by atoms with Crippen molar-refractivity contribution in [1.82, 2.24) is 5.32 Å². The van der Waals surface area contributed by atoms with Crippen LogP contribution in [0.2, 0.25) is 0 Å². The summed E-state index contributed by atoms with van der Waals surface area (Å²) in [5, 5.41) is 2.58. The van der Waals surface area contributed by atoms with Crippen molar-refractivity contribution in [2.45, 2.75) is 13.8 Å². The molecule has 1 amide bonds. The van der Waals surface area contributed by atoms with E-state index in [-0.39, 0.29) is 5.91 Å². The first-order valence-electron chi connectivity index (χ1n) is 6.38. The van der Waals surface area contributed by atoms with Gasteiger partial charge >= 0.3 is 0 Å². The van der Waals surface area contributed by atoms with E-state index in [0.717, 1.165) is 16.9 Å². The van der Waals surface area contributed by atoms with Crippen LogP contribution in [0.4, 0.5) is 5.69 Å². The molecule has 4 nitrogen and oxygen atoms in total. The number of hydrogen-bond acceptors (Lipinski definition) is 3. The molecule has 2 aromatic rings. The molecule has 0 unspecified atom stereocenters. The van der Waals surface area contributed by atoms with Crippen molar-refractivity contribution >= 4 is 11.6 Å². The minimum absolute atomic E-state index is 0.171. The summed E-state index contributed by atoms with van der Waals surface area (Å²) in [4.78, 5) is 11.6. The van der Waals surface area contributed by atoms with Gasteiger partial charge in [-0.05, 0) is 49.2 Å². The second kappa shape index (κ2) is 5.65. The average Bonchev–Trinajstić information content (AvgIpc) is 2.44. The first-order valence-corrected chi connectivity index (χ1v) is 6.38. The van der Waals surface area contributed by atoms with Gasteiger partial charge in [-0.3, -0.25) is 4.79 Å². The molecule has 0 saturated heterocycles. The summed E-state index contributed by atoms with van der Waals surface area (Å²) < 4.78 is 5.85. The van der Waals surface area contributed by atoms with Crippen LogP contribution in [-0.4, -0.2) is 13.0 Å². The summed E-state index contributed by atoms with van der Waals surface area (Å²) in [5.74, 6) is 1.06. The highest BCUT2D eigenvalue weighted by Crippen LogP contribution is 2.31. The number of benzene rings is 2. The number of hydrogen-bond donors (Lipinski definition) is 2. The predicted molar refractivity (Wildman–Crippen MR) is 80.2 cm³/mol. The Morgan fingerprint density at radius 1 is 1.10 bits per heavy atom. The fraction of sp³-hybridized carbons (Fsp3) is 0.188. The number of amides is 1. The highest BCUT2D eigenvalue weighted by atomic mass is 16.5. The standard InChI is InChI=1S/C16H18N2O2/c1-10-4-5-11(2)14(8-10)20-15-9-12(16(19)18-3)6-7-13(15)17/h4-9H,17H2,1-3H3,(H,18,19). The van der Waals surface area contributed by atoms with Gasteiger partial charge in [0.15, 0.2) is 5.75 Å². The van der Waals surface area contributed by atoms with Crippen molar-refractivity contribution < 1.29 is 9.53 Å². The van der Waals surface area contributed by atoms with Gasteiger partial charge in [0, 0.05) is 12.6 Å². The molecular weight excluding hydrogens is 252 g/mol. The zero-order chi connectivity index (χ0) is 14.7. The fourth-order valence-electron chi connectivity index (χ4n) is 1.84. The average molecular weight is 270 g/mol. The van der Waals surface area contributed by atoms with Crippen molar-refractivity contribution in [1.29, 1.82) is 0 Å². The number of aryl methyl sites for hydroxylation is 2. The lowest BCUT2D eigenvalue weighted by Crippen LogP contribution is -2.17. The van der Waals surface area contributed by atoms with E-state index >= 15 is 0 Å². The molecule has 0 saturated carbocycles. The van der Waals surface area contributed by atoms with Crippen LogP contribution in [0.3, 0.4) is 0 Å². The largest absolute Gasteiger partial charge is 0.455 e. The first-order chi connectivity index (χ1) is 9.51. The van der Waals surface area contributed by atoms with Gasteiger partial charge in [0.2, 0.25) is 0 Å². The van der Waals surface area contributed by atoms with Crippen LogP contribution in [0, 0.1) is 13.8 Å². The molecule has 0 atom stereocenters. The summed E-state index contributed by atoms with van der Waals surface area (Å²) >= 11 is 0. The molecule has 0 aliphatic heterocycles. The molecule has 0 heterocycles. The second-order valence-electron chi connectivity index (χ2n) is 4.70. The number of rotatable bonds is 3. The molecule has 3 N–H and O–H groups in total. The molecule has 0 spiro atoms. The number of nitrogens with two attached hydrogens (primary N) is 1. The maximum atomic E-state index is 11.6. The third-order valence-corrected chi connectivity index (χ3v) is 3.07. The van der Waals surface area contributed by atoms with E-state index in [0.29, 0.717) is 17.0 Å². The van der Waals surface area contributed by atoms with Crippen LogP contribution in [-0.2, 0) is 0 Å². The molecule has 0 aliphatic rings. The van der Waals surface area contributed by atoms with E-state index in [4.69, 9.17) is 10.5 Å². The molecule has 2 aromatic carbocycles. The Kier molecular flexibility index (Phi) is 3.94. The molecule has 0 radical (unpaired) electrons. The number of anilines is 1. The van der Waals surface area contributed by atoms with E-state index in [1.807, 2.05) is 32.0 Å². The molecule has 0 fully saturated rings. The topological polar surface area (TPSA) is 64.4 Å². The highest BCUT2D eigenvalue weighted by molar-refractivity contribution is 5.95. The maximum Gasteiger partial charge on any atom is 0.251 e. The highest BCUT2D eigenvalue weighted by Gasteiger charge is 2.10. The SMILES string of the molecule is CNC(=O)c1ccc(N)c(Oc2cc(C)ccc2C)c1. The van der Waals surface area contributed by atoms with Crippen molar-refractivity contribution in [2.24, 2.45) is 0 Å². The van der Waals surface area contributed by atoms with Gasteiger partial charge in [-0.2, -0.15) is 0 Å². The van der Waals surface area contributed by atoms with Crippen LogP contribution >= 0.6 is 0 Å². The third-order valence-electron chi connectivity index (χ3n) is 3.07. The molecule has 0 aromatic heterocycles. The molecule has 0 bridgehead atoms. The van der Waals surface area contributed by atoms with Crippen molar-refractivity contribution in [3.63, 3.8) is 0 Å². The van der Waals surface area contributed by atoms with Crippen LogP contribution in [0.1, 0.15) is 21.5 Å². The number of carbonyl (C=O) groups is 1. The maximum absolute atomic E-state index is 11.6. The summed E-state index contributed by atoms with van der Waals surface area (Å²) in [6.07, 6.45) is 0. The summed E-state index contributed by atoms with van der Waals surface area (Å²) in [7, 11) is 1.59. The minimum Gasteiger partial charge on any atom is -0.455 e. The molecule has 0 aliphatic carbocycles. The van der Waals surface area contributed by atoms with E-state index in [9.17, 15) is 4.79 Å². The summed E-state index contributed by atoms with van der Waals surface area (Å²) in [6, 6.07) is 10.9. The van der Waals surface area contributed by atoms with Gasteiger partial charge < -0.3 is 15.8 Å². The quantitative estimate of drug-likeness (QED) is 0.842. The molecule has 4 heteroatoms. The Hall–Kier alpha value is -2.49. The fourth-order valence-corrected chi connectivity index (χ4v) is 1.84. The van der Waals surface area contributed by atoms with Gasteiger partial charge in [-0.15, -0.1) is 0 Å². The number of carbonyl (C=O) groups excluding carboxylic acids is 1. The lowest BCUT2D eigenvalue weighted by atomic mass is 10.1. The van der Waals surface area contributed by atoms with Crippen LogP contribution < -0.4 is 15.8 Å².